The minimum Gasteiger partial charge on any atom is -0.493 e. The number of hydrogen-bond acceptors (Lipinski definition) is 6. The lowest BCUT2D eigenvalue weighted by molar-refractivity contribution is 0.0954. The Morgan fingerprint density at radius 1 is 0.921 bits per heavy atom. The van der Waals surface area contributed by atoms with E-state index in [4.69, 9.17) is 18.9 Å². The molecule has 1 N–H and O–H groups in total. The quantitative estimate of drug-likeness (QED) is 0.117. The molecule has 0 saturated heterocycles. The van der Waals surface area contributed by atoms with Gasteiger partial charge in [0.2, 0.25) is 0 Å². The summed E-state index contributed by atoms with van der Waals surface area (Å²) in [5, 5.41) is 4.12. The Kier molecular flexibility index (Phi) is 12.0. The van der Waals surface area contributed by atoms with Gasteiger partial charge in [-0.05, 0) is 70.7 Å². The topological polar surface area (TPSA) is 78.4 Å². The van der Waals surface area contributed by atoms with Gasteiger partial charge in [0, 0.05) is 5.56 Å². The SMILES string of the molecule is CCCCCCOc1c(Br)cc(/C=N/NC(=O)c2ccc(OCc3ccccc3)c(OCC)c2)cc1OC. The van der Waals surface area contributed by atoms with Crippen LogP contribution in [0.25, 0.3) is 0 Å². The van der Waals surface area contributed by atoms with Crippen molar-refractivity contribution in [3.05, 3.63) is 81.8 Å². The standard InChI is InChI=1S/C30H35BrN2O5/c1-4-6-7-11-16-37-29-25(31)17-23(18-28(29)35-3)20-32-33-30(34)24-14-15-26(27(19-24)36-5-2)38-21-22-12-9-8-10-13-22/h8-10,12-15,17-20H,4-7,11,16,21H2,1-3H3,(H,33,34)/b32-20+. The Morgan fingerprint density at radius 3 is 2.47 bits per heavy atom. The van der Waals surface area contributed by atoms with E-state index in [9.17, 15) is 4.79 Å². The first kappa shape index (κ1) is 29.0. The molecule has 0 heterocycles. The number of nitrogens with zero attached hydrogens (tertiary/aromatic N) is 1. The Hall–Kier alpha value is -3.52. The Bertz CT molecular complexity index is 1200. The molecule has 0 bridgehead atoms. The molecular formula is C30H35BrN2O5. The van der Waals surface area contributed by atoms with Crippen molar-refractivity contribution in [1.29, 1.82) is 0 Å². The van der Waals surface area contributed by atoms with E-state index in [2.05, 4.69) is 33.4 Å². The number of carbonyl (C=O) groups excluding carboxylic acids is 1. The van der Waals surface area contributed by atoms with E-state index in [1.165, 1.54) is 12.8 Å². The first-order valence-corrected chi connectivity index (χ1v) is 13.6. The van der Waals surface area contributed by atoms with E-state index in [-0.39, 0.29) is 5.91 Å². The van der Waals surface area contributed by atoms with Crippen LogP contribution in [0.2, 0.25) is 0 Å². The van der Waals surface area contributed by atoms with Crippen LogP contribution in [0.1, 0.15) is 61.0 Å². The summed E-state index contributed by atoms with van der Waals surface area (Å²) >= 11 is 3.56. The number of halogens is 1. The maximum atomic E-state index is 12.7. The molecule has 38 heavy (non-hydrogen) atoms. The predicted octanol–water partition coefficient (Wildman–Crippen LogP) is 7.16. The van der Waals surface area contributed by atoms with Gasteiger partial charge in [0.1, 0.15) is 6.61 Å². The van der Waals surface area contributed by atoms with Gasteiger partial charge in [-0.2, -0.15) is 5.10 Å². The molecule has 0 saturated carbocycles. The summed E-state index contributed by atoms with van der Waals surface area (Å²) in [6, 6.07) is 18.6. The lowest BCUT2D eigenvalue weighted by atomic mass is 10.2. The predicted molar refractivity (Wildman–Crippen MR) is 154 cm³/mol. The van der Waals surface area contributed by atoms with Crippen LogP contribution in [0.4, 0.5) is 0 Å². The molecule has 3 rings (SSSR count). The molecule has 0 fully saturated rings. The molecular weight excluding hydrogens is 548 g/mol. The average Bonchev–Trinajstić information content (AvgIpc) is 2.93. The zero-order valence-electron chi connectivity index (χ0n) is 22.2. The second-order valence-electron chi connectivity index (χ2n) is 8.51. The molecule has 202 valence electrons. The van der Waals surface area contributed by atoms with Gasteiger partial charge in [-0.3, -0.25) is 4.79 Å². The molecule has 0 atom stereocenters. The van der Waals surface area contributed by atoms with Gasteiger partial charge >= 0.3 is 0 Å². The van der Waals surface area contributed by atoms with Gasteiger partial charge in [-0.25, -0.2) is 5.43 Å². The number of nitrogens with one attached hydrogen (secondary N) is 1. The molecule has 0 aliphatic carbocycles. The molecule has 3 aromatic carbocycles. The molecule has 7 nitrogen and oxygen atoms in total. The number of methoxy groups -OCH3 is 1. The molecule has 8 heteroatoms. The zero-order valence-corrected chi connectivity index (χ0v) is 23.8. The molecule has 1 amide bonds. The lowest BCUT2D eigenvalue weighted by Gasteiger charge is -2.13. The van der Waals surface area contributed by atoms with Crippen LogP contribution in [0.5, 0.6) is 23.0 Å². The van der Waals surface area contributed by atoms with E-state index in [1.54, 1.807) is 31.5 Å². The number of carbonyl (C=O) groups is 1. The monoisotopic (exact) mass is 582 g/mol. The summed E-state index contributed by atoms with van der Waals surface area (Å²) in [5.74, 6) is 1.95. The van der Waals surface area contributed by atoms with Gasteiger partial charge in [-0.1, -0.05) is 56.5 Å². The number of unbranched alkanes of at least 4 members (excludes halogenated alkanes) is 3. The molecule has 0 spiro atoms. The minimum absolute atomic E-state index is 0.366. The highest BCUT2D eigenvalue weighted by molar-refractivity contribution is 9.10. The van der Waals surface area contributed by atoms with Crippen molar-refractivity contribution in [3.8, 4) is 23.0 Å². The fourth-order valence-corrected chi connectivity index (χ4v) is 4.23. The molecule has 0 radical (unpaired) electrons. The van der Waals surface area contributed by atoms with Crippen molar-refractivity contribution in [1.82, 2.24) is 5.43 Å². The number of amides is 1. The van der Waals surface area contributed by atoms with E-state index >= 15 is 0 Å². The van der Waals surface area contributed by atoms with E-state index < -0.39 is 0 Å². The summed E-state index contributed by atoms with van der Waals surface area (Å²) in [6.45, 7) is 5.53. The summed E-state index contributed by atoms with van der Waals surface area (Å²) in [7, 11) is 1.59. The van der Waals surface area contributed by atoms with E-state index in [0.29, 0.717) is 48.4 Å². The molecule has 0 aromatic heterocycles. The normalized spacial score (nSPS) is 10.8. The van der Waals surface area contributed by atoms with Gasteiger partial charge in [-0.15, -0.1) is 0 Å². The fourth-order valence-electron chi connectivity index (χ4n) is 3.66. The Morgan fingerprint density at radius 2 is 1.74 bits per heavy atom. The highest BCUT2D eigenvalue weighted by Gasteiger charge is 2.13. The summed E-state index contributed by atoms with van der Waals surface area (Å²) < 4.78 is 23.8. The van der Waals surface area contributed by atoms with Crippen molar-refractivity contribution in [2.75, 3.05) is 20.3 Å². The largest absolute Gasteiger partial charge is 0.493 e. The smallest absolute Gasteiger partial charge is 0.271 e. The number of rotatable bonds is 15. The summed E-state index contributed by atoms with van der Waals surface area (Å²) in [4.78, 5) is 12.7. The van der Waals surface area contributed by atoms with Gasteiger partial charge in [0.15, 0.2) is 23.0 Å². The van der Waals surface area contributed by atoms with Crippen LogP contribution in [0.3, 0.4) is 0 Å². The van der Waals surface area contributed by atoms with Gasteiger partial charge < -0.3 is 18.9 Å². The Balaban J connectivity index is 1.62. The first-order chi connectivity index (χ1) is 18.5. The number of benzene rings is 3. The van der Waals surface area contributed by atoms with Crippen LogP contribution in [0.15, 0.2) is 70.2 Å². The number of hydrogen-bond donors (Lipinski definition) is 1. The third-order valence-electron chi connectivity index (χ3n) is 5.62. The van der Waals surface area contributed by atoms with Gasteiger partial charge in [0.05, 0.1) is 31.0 Å². The van der Waals surface area contributed by atoms with Crippen LogP contribution < -0.4 is 24.4 Å². The van der Waals surface area contributed by atoms with Crippen molar-refractivity contribution in [3.63, 3.8) is 0 Å². The number of ether oxygens (including phenoxy) is 4. The highest BCUT2D eigenvalue weighted by Crippen LogP contribution is 2.36. The summed E-state index contributed by atoms with van der Waals surface area (Å²) in [6.07, 6.45) is 6.05. The molecule has 3 aromatic rings. The van der Waals surface area contributed by atoms with Crippen molar-refractivity contribution in [2.45, 2.75) is 46.1 Å². The second-order valence-corrected chi connectivity index (χ2v) is 9.37. The van der Waals surface area contributed by atoms with Crippen LogP contribution in [-0.2, 0) is 6.61 Å². The first-order valence-electron chi connectivity index (χ1n) is 12.8. The lowest BCUT2D eigenvalue weighted by Crippen LogP contribution is -2.17. The van der Waals surface area contributed by atoms with Crippen LogP contribution in [0, 0.1) is 0 Å². The second kappa shape index (κ2) is 15.7. The van der Waals surface area contributed by atoms with Crippen molar-refractivity contribution >= 4 is 28.1 Å². The fraction of sp³-hybridized carbons (Fsp3) is 0.333. The third-order valence-corrected chi connectivity index (χ3v) is 6.21. The van der Waals surface area contributed by atoms with E-state index in [0.717, 1.165) is 28.4 Å². The zero-order chi connectivity index (χ0) is 27.2. The number of hydrazone groups is 1. The van der Waals surface area contributed by atoms with E-state index in [1.807, 2.05) is 49.4 Å². The minimum atomic E-state index is -0.366. The maximum Gasteiger partial charge on any atom is 0.271 e. The average molecular weight is 584 g/mol. The molecule has 0 aliphatic rings. The molecule has 0 unspecified atom stereocenters. The van der Waals surface area contributed by atoms with Crippen molar-refractivity contribution in [2.24, 2.45) is 5.10 Å². The van der Waals surface area contributed by atoms with Gasteiger partial charge in [0.25, 0.3) is 5.91 Å². The molecule has 0 aliphatic heterocycles. The summed E-state index contributed by atoms with van der Waals surface area (Å²) in [5.41, 5.74) is 4.76. The Labute approximate surface area is 233 Å². The highest BCUT2D eigenvalue weighted by atomic mass is 79.9. The van der Waals surface area contributed by atoms with Crippen LogP contribution in [-0.4, -0.2) is 32.4 Å². The van der Waals surface area contributed by atoms with Crippen molar-refractivity contribution < 1.29 is 23.7 Å². The third kappa shape index (κ3) is 8.80. The van der Waals surface area contributed by atoms with Crippen LogP contribution >= 0.6 is 15.9 Å². The maximum absolute atomic E-state index is 12.7.